The van der Waals surface area contributed by atoms with E-state index in [9.17, 15) is 0 Å². The average Bonchev–Trinajstić information content (AvgIpc) is 2.25. The Labute approximate surface area is 105 Å². The molecule has 0 amide bonds. The normalized spacial score (nSPS) is 11.5. The Balaban J connectivity index is 2.93. The van der Waals surface area contributed by atoms with Crippen molar-refractivity contribution < 1.29 is 0 Å². The first-order valence-corrected chi connectivity index (χ1v) is 6.42. The van der Waals surface area contributed by atoms with Crippen LogP contribution in [0.25, 0.3) is 0 Å². The summed E-state index contributed by atoms with van der Waals surface area (Å²) in [5, 5.41) is 3.39. The molecule has 0 aromatic carbocycles. The van der Waals surface area contributed by atoms with E-state index in [1.807, 2.05) is 0 Å². The maximum absolute atomic E-state index is 5.68. The average molecular weight is 287 g/mol. The molecule has 4 nitrogen and oxygen atoms in total. The molecule has 0 atom stereocenters. The fourth-order valence-electron chi connectivity index (χ4n) is 1.74. The molecule has 0 saturated carbocycles. The first-order chi connectivity index (χ1) is 7.55. The van der Waals surface area contributed by atoms with E-state index < -0.39 is 0 Å². The third-order valence-corrected chi connectivity index (χ3v) is 3.53. The van der Waals surface area contributed by atoms with E-state index in [-0.39, 0.29) is 5.54 Å². The molecule has 1 aromatic rings. The standard InChI is InChI=1S/C11H19BrN4/c1-4-11(5-2,6-3)16-10-14-8(12)7-9(13)15-10/h7H,4-6H2,1-3H3,(H3,13,14,15,16). The van der Waals surface area contributed by atoms with E-state index in [4.69, 9.17) is 5.73 Å². The smallest absolute Gasteiger partial charge is 0.226 e. The topological polar surface area (TPSA) is 63.8 Å². The molecule has 0 bridgehead atoms. The van der Waals surface area contributed by atoms with Crippen LogP contribution in [0.3, 0.4) is 0 Å². The van der Waals surface area contributed by atoms with Crippen LogP contribution in [0.5, 0.6) is 0 Å². The lowest BCUT2D eigenvalue weighted by Gasteiger charge is -2.31. The van der Waals surface area contributed by atoms with Crippen LogP contribution in [0.4, 0.5) is 11.8 Å². The number of nitrogens with one attached hydrogen (secondary N) is 1. The van der Waals surface area contributed by atoms with Crippen molar-refractivity contribution in [2.24, 2.45) is 0 Å². The highest BCUT2D eigenvalue weighted by Gasteiger charge is 2.24. The molecule has 0 unspecified atom stereocenters. The summed E-state index contributed by atoms with van der Waals surface area (Å²) in [4.78, 5) is 8.47. The minimum absolute atomic E-state index is 0.0627. The predicted octanol–water partition coefficient (Wildman–Crippen LogP) is 3.20. The summed E-state index contributed by atoms with van der Waals surface area (Å²) in [6, 6.07) is 1.69. The van der Waals surface area contributed by atoms with E-state index in [2.05, 4.69) is 52.0 Å². The van der Waals surface area contributed by atoms with Crippen molar-refractivity contribution in [3.8, 4) is 0 Å². The summed E-state index contributed by atoms with van der Waals surface area (Å²) in [6.45, 7) is 6.50. The molecular weight excluding hydrogens is 268 g/mol. The number of aromatic nitrogens is 2. The van der Waals surface area contributed by atoms with Gasteiger partial charge in [-0.1, -0.05) is 20.8 Å². The maximum Gasteiger partial charge on any atom is 0.226 e. The van der Waals surface area contributed by atoms with Gasteiger partial charge in [-0.05, 0) is 35.2 Å². The minimum atomic E-state index is 0.0627. The van der Waals surface area contributed by atoms with Crippen LogP contribution in [0, 0.1) is 0 Å². The maximum atomic E-state index is 5.68. The lowest BCUT2D eigenvalue weighted by atomic mass is 9.90. The van der Waals surface area contributed by atoms with Gasteiger partial charge in [0.2, 0.25) is 5.95 Å². The highest BCUT2D eigenvalue weighted by atomic mass is 79.9. The third-order valence-electron chi connectivity index (χ3n) is 3.12. The zero-order chi connectivity index (χ0) is 12.2. The molecule has 90 valence electrons. The van der Waals surface area contributed by atoms with Gasteiger partial charge in [0.1, 0.15) is 10.4 Å². The number of hydrogen-bond donors (Lipinski definition) is 2. The van der Waals surface area contributed by atoms with Gasteiger partial charge in [0, 0.05) is 11.6 Å². The fourth-order valence-corrected chi connectivity index (χ4v) is 2.15. The minimum Gasteiger partial charge on any atom is -0.383 e. The molecule has 1 aromatic heterocycles. The Morgan fingerprint density at radius 1 is 1.25 bits per heavy atom. The highest BCUT2D eigenvalue weighted by Crippen LogP contribution is 2.24. The SMILES string of the molecule is CCC(CC)(CC)Nc1nc(N)cc(Br)n1. The van der Waals surface area contributed by atoms with Gasteiger partial charge in [-0.15, -0.1) is 0 Å². The van der Waals surface area contributed by atoms with Crippen molar-refractivity contribution in [1.29, 1.82) is 0 Å². The Morgan fingerprint density at radius 2 is 1.81 bits per heavy atom. The lowest BCUT2D eigenvalue weighted by Crippen LogP contribution is -2.36. The van der Waals surface area contributed by atoms with Crippen molar-refractivity contribution in [2.45, 2.75) is 45.6 Å². The number of nitrogens with zero attached hydrogens (tertiary/aromatic N) is 2. The summed E-state index contributed by atoms with van der Waals surface area (Å²) < 4.78 is 0.708. The molecule has 1 heterocycles. The predicted molar refractivity (Wildman–Crippen MR) is 71.4 cm³/mol. The fraction of sp³-hybridized carbons (Fsp3) is 0.636. The molecule has 5 heteroatoms. The quantitative estimate of drug-likeness (QED) is 0.816. The molecular formula is C11H19BrN4. The molecule has 0 aliphatic rings. The molecule has 0 radical (unpaired) electrons. The second-order valence-corrected chi connectivity index (χ2v) is 4.72. The molecule has 0 aliphatic heterocycles. The van der Waals surface area contributed by atoms with Crippen molar-refractivity contribution in [3.05, 3.63) is 10.7 Å². The molecule has 3 N–H and O–H groups in total. The summed E-state index contributed by atoms with van der Waals surface area (Å²) in [5.74, 6) is 1.07. The van der Waals surface area contributed by atoms with Crippen molar-refractivity contribution >= 4 is 27.7 Å². The Hall–Kier alpha value is -0.840. The third kappa shape index (κ3) is 3.07. The van der Waals surface area contributed by atoms with Crippen molar-refractivity contribution in [3.63, 3.8) is 0 Å². The first kappa shape index (κ1) is 13.2. The van der Waals surface area contributed by atoms with Gasteiger partial charge in [0.05, 0.1) is 0 Å². The molecule has 1 rings (SSSR count). The highest BCUT2D eigenvalue weighted by molar-refractivity contribution is 9.10. The zero-order valence-electron chi connectivity index (χ0n) is 10.0. The number of nitrogen functional groups attached to an aromatic ring is 1. The molecule has 16 heavy (non-hydrogen) atoms. The van der Waals surface area contributed by atoms with Gasteiger partial charge in [-0.3, -0.25) is 0 Å². The summed E-state index contributed by atoms with van der Waals surface area (Å²) in [5.41, 5.74) is 5.74. The number of halogens is 1. The Morgan fingerprint density at radius 3 is 2.25 bits per heavy atom. The second kappa shape index (κ2) is 5.48. The van der Waals surface area contributed by atoms with Crippen molar-refractivity contribution in [1.82, 2.24) is 9.97 Å². The summed E-state index contributed by atoms with van der Waals surface area (Å²) in [6.07, 6.45) is 3.11. The first-order valence-electron chi connectivity index (χ1n) is 5.63. The largest absolute Gasteiger partial charge is 0.383 e. The van der Waals surface area contributed by atoms with Crippen LogP contribution in [-0.4, -0.2) is 15.5 Å². The summed E-state index contributed by atoms with van der Waals surface area (Å²) >= 11 is 3.32. The Bertz CT molecular complexity index is 321. The molecule has 0 saturated heterocycles. The number of hydrogen-bond acceptors (Lipinski definition) is 4. The van der Waals surface area contributed by atoms with Gasteiger partial charge in [-0.2, -0.15) is 4.98 Å². The van der Waals surface area contributed by atoms with Gasteiger partial charge in [0.25, 0.3) is 0 Å². The van der Waals surface area contributed by atoms with Crippen LogP contribution < -0.4 is 11.1 Å². The van der Waals surface area contributed by atoms with Crippen LogP contribution in [-0.2, 0) is 0 Å². The molecule has 0 fully saturated rings. The van der Waals surface area contributed by atoms with E-state index in [0.717, 1.165) is 19.3 Å². The Kier molecular flexibility index (Phi) is 4.53. The zero-order valence-corrected chi connectivity index (χ0v) is 11.6. The van der Waals surface area contributed by atoms with Gasteiger partial charge >= 0.3 is 0 Å². The van der Waals surface area contributed by atoms with Gasteiger partial charge < -0.3 is 11.1 Å². The lowest BCUT2D eigenvalue weighted by molar-refractivity contribution is 0.417. The number of anilines is 2. The molecule has 0 spiro atoms. The second-order valence-electron chi connectivity index (χ2n) is 3.91. The molecule has 0 aliphatic carbocycles. The van der Waals surface area contributed by atoms with Crippen LogP contribution in [0.2, 0.25) is 0 Å². The van der Waals surface area contributed by atoms with Gasteiger partial charge in [-0.25, -0.2) is 4.98 Å². The van der Waals surface area contributed by atoms with Crippen LogP contribution in [0.1, 0.15) is 40.0 Å². The van der Waals surface area contributed by atoms with Gasteiger partial charge in [0.15, 0.2) is 0 Å². The van der Waals surface area contributed by atoms with E-state index in [0.29, 0.717) is 16.4 Å². The van der Waals surface area contributed by atoms with Crippen molar-refractivity contribution in [2.75, 3.05) is 11.1 Å². The van der Waals surface area contributed by atoms with E-state index >= 15 is 0 Å². The van der Waals surface area contributed by atoms with Crippen LogP contribution in [0.15, 0.2) is 10.7 Å². The van der Waals surface area contributed by atoms with E-state index in [1.165, 1.54) is 0 Å². The number of rotatable bonds is 5. The monoisotopic (exact) mass is 286 g/mol. The number of nitrogens with two attached hydrogens (primary N) is 1. The summed E-state index contributed by atoms with van der Waals surface area (Å²) in [7, 11) is 0. The van der Waals surface area contributed by atoms with Crippen LogP contribution >= 0.6 is 15.9 Å². The van der Waals surface area contributed by atoms with E-state index in [1.54, 1.807) is 6.07 Å².